The summed E-state index contributed by atoms with van der Waals surface area (Å²) in [4.78, 5) is 12.5. The Morgan fingerprint density at radius 2 is 2.21 bits per heavy atom. The molecule has 10 heteroatoms. The standard InChI is InChI=1S/C19H20ClN5O3S/c1-11-9-16(24-28-11)21-18(26)12(2)29-19-23-22-17(25(19)13-7-8-13)10-27-15-6-4-3-5-14(15)20/h3-6,9,12-13H,7-8,10H2,1-2H3,(H,21,24,26). The molecular weight excluding hydrogens is 414 g/mol. The Balaban J connectivity index is 1.43. The lowest BCUT2D eigenvalue weighted by atomic mass is 10.3. The molecule has 1 aliphatic rings. The first kappa shape index (κ1) is 19.8. The van der Waals surface area contributed by atoms with Gasteiger partial charge >= 0.3 is 0 Å². The van der Waals surface area contributed by atoms with Crippen LogP contribution in [0.1, 0.15) is 37.4 Å². The smallest absolute Gasteiger partial charge is 0.238 e. The van der Waals surface area contributed by atoms with Gasteiger partial charge in [0, 0.05) is 12.1 Å². The molecular formula is C19H20ClN5O3S. The molecule has 1 N–H and O–H groups in total. The van der Waals surface area contributed by atoms with Crippen LogP contribution in [0, 0.1) is 6.92 Å². The summed E-state index contributed by atoms with van der Waals surface area (Å²) in [6.07, 6.45) is 2.12. The summed E-state index contributed by atoms with van der Waals surface area (Å²) < 4.78 is 12.9. The lowest BCUT2D eigenvalue weighted by Gasteiger charge is -2.13. The number of thioether (sulfide) groups is 1. The Morgan fingerprint density at radius 3 is 2.90 bits per heavy atom. The fourth-order valence-electron chi connectivity index (χ4n) is 2.75. The van der Waals surface area contributed by atoms with Crippen LogP contribution in [0.4, 0.5) is 5.82 Å². The van der Waals surface area contributed by atoms with Gasteiger partial charge in [-0.2, -0.15) is 0 Å². The second-order valence-electron chi connectivity index (χ2n) is 6.79. The van der Waals surface area contributed by atoms with Crippen molar-refractivity contribution in [2.75, 3.05) is 5.32 Å². The Kier molecular flexibility index (Phi) is 5.77. The Bertz CT molecular complexity index is 1020. The van der Waals surface area contributed by atoms with Crippen molar-refractivity contribution < 1.29 is 14.1 Å². The molecule has 1 aliphatic carbocycles. The van der Waals surface area contributed by atoms with Gasteiger partial charge in [-0.15, -0.1) is 10.2 Å². The predicted molar refractivity (Wildman–Crippen MR) is 109 cm³/mol. The van der Waals surface area contributed by atoms with E-state index in [-0.39, 0.29) is 17.8 Å². The van der Waals surface area contributed by atoms with E-state index in [0.29, 0.717) is 33.5 Å². The van der Waals surface area contributed by atoms with Crippen molar-refractivity contribution in [1.82, 2.24) is 19.9 Å². The fourth-order valence-corrected chi connectivity index (χ4v) is 3.88. The minimum absolute atomic E-state index is 0.178. The zero-order valence-corrected chi connectivity index (χ0v) is 17.5. The van der Waals surface area contributed by atoms with Crippen molar-refractivity contribution in [2.45, 2.75) is 49.7 Å². The van der Waals surface area contributed by atoms with E-state index in [1.165, 1.54) is 11.8 Å². The van der Waals surface area contributed by atoms with E-state index in [9.17, 15) is 4.79 Å². The summed E-state index contributed by atoms with van der Waals surface area (Å²) in [6, 6.07) is 9.32. The minimum Gasteiger partial charge on any atom is -0.484 e. The van der Waals surface area contributed by atoms with Crippen molar-refractivity contribution >= 4 is 35.1 Å². The first-order chi connectivity index (χ1) is 14.0. The molecule has 1 amide bonds. The quantitative estimate of drug-likeness (QED) is 0.530. The summed E-state index contributed by atoms with van der Waals surface area (Å²) in [7, 11) is 0. The second kappa shape index (κ2) is 8.46. The molecule has 2 heterocycles. The molecule has 3 aromatic rings. The topological polar surface area (TPSA) is 95.1 Å². The van der Waals surface area contributed by atoms with Crippen LogP contribution in [0.2, 0.25) is 5.02 Å². The summed E-state index contributed by atoms with van der Waals surface area (Å²) in [5, 5.41) is 16.0. The van der Waals surface area contributed by atoms with Gasteiger partial charge in [-0.05, 0) is 38.8 Å². The summed E-state index contributed by atoms with van der Waals surface area (Å²) in [5.74, 6) is 2.18. The number of aromatic nitrogens is 4. The van der Waals surface area contributed by atoms with Gasteiger partial charge in [0.25, 0.3) is 0 Å². The van der Waals surface area contributed by atoms with E-state index in [1.54, 1.807) is 19.1 Å². The Hall–Kier alpha value is -2.52. The molecule has 1 fully saturated rings. The number of ether oxygens (including phenoxy) is 1. The lowest BCUT2D eigenvalue weighted by molar-refractivity contribution is -0.115. The van der Waals surface area contributed by atoms with E-state index in [1.807, 2.05) is 25.1 Å². The molecule has 1 aromatic carbocycles. The van der Waals surface area contributed by atoms with Gasteiger partial charge in [-0.1, -0.05) is 40.7 Å². The molecule has 0 saturated heterocycles. The highest BCUT2D eigenvalue weighted by Gasteiger charge is 2.31. The molecule has 0 radical (unpaired) electrons. The van der Waals surface area contributed by atoms with Gasteiger partial charge < -0.3 is 14.6 Å². The highest BCUT2D eigenvalue weighted by Crippen LogP contribution is 2.40. The van der Waals surface area contributed by atoms with E-state index >= 15 is 0 Å². The first-order valence-corrected chi connectivity index (χ1v) is 10.5. The minimum atomic E-state index is -0.383. The van der Waals surface area contributed by atoms with Gasteiger partial charge in [-0.25, -0.2) is 0 Å². The van der Waals surface area contributed by atoms with Crippen LogP contribution in [0.15, 0.2) is 40.0 Å². The molecule has 29 heavy (non-hydrogen) atoms. The summed E-state index contributed by atoms with van der Waals surface area (Å²) in [5.41, 5.74) is 0. The molecule has 152 valence electrons. The number of amides is 1. The predicted octanol–water partition coefficient (Wildman–Crippen LogP) is 4.26. The van der Waals surface area contributed by atoms with Crippen LogP contribution >= 0.6 is 23.4 Å². The van der Waals surface area contributed by atoms with Gasteiger partial charge in [-0.3, -0.25) is 9.36 Å². The molecule has 1 saturated carbocycles. The third-order valence-corrected chi connectivity index (χ3v) is 5.74. The number of carbonyl (C=O) groups excluding carboxylic acids is 1. The zero-order chi connectivity index (χ0) is 20.4. The Labute approximate surface area is 177 Å². The summed E-state index contributed by atoms with van der Waals surface area (Å²) in [6.45, 7) is 3.84. The van der Waals surface area contributed by atoms with Gasteiger partial charge in [0.05, 0.1) is 10.3 Å². The van der Waals surface area contributed by atoms with Crippen molar-refractivity contribution in [3.63, 3.8) is 0 Å². The Morgan fingerprint density at radius 1 is 1.41 bits per heavy atom. The molecule has 4 rings (SSSR count). The van der Waals surface area contributed by atoms with Crippen LogP contribution < -0.4 is 10.1 Å². The van der Waals surface area contributed by atoms with Gasteiger partial charge in [0.1, 0.15) is 18.1 Å². The number of carbonyl (C=O) groups is 1. The van der Waals surface area contributed by atoms with E-state index < -0.39 is 0 Å². The maximum atomic E-state index is 12.5. The van der Waals surface area contributed by atoms with E-state index in [0.717, 1.165) is 18.7 Å². The van der Waals surface area contributed by atoms with Crippen LogP contribution in [-0.4, -0.2) is 31.1 Å². The van der Waals surface area contributed by atoms with E-state index in [2.05, 4.69) is 25.2 Å². The fraction of sp³-hybridized carbons (Fsp3) is 0.368. The van der Waals surface area contributed by atoms with Crippen molar-refractivity contribution in [3.05, 3.63) is 46.9 Å². The number of benzene rings is 1. The van der Waals surface area contributed by atoms with Crippen LogP contribution in [0.3, 0.4) is 0 Å². The van der Waals surface area contributed by atoms with Crippen molar-refractivity contribution in [2.24, 2.45) is 0 Å². The molecule has 1 unspecified atom stereocenters. The number of aryl methyl sites for hydroxylation is 1. The molecule has 2 aromatic heterocycles. The number of para-hydroxylation sites is 1. The first-order valence-electron chi connectivity index (χ1n) is 9.23. The number of hydrogen-bond acceptors (Lipinski definition) is 7. The third-order valence-electron chi connectivity index (χ3n) is 4.37. The second-order valence-corrected chi connectivity index (χ2v) is 8.51. The monoisotopic (exact) mass is 433 g/mol. The molecule has 0 aliphatic heterocycles. The maximum absolute atomic E-state index is 12.5. The third kappa shape index (κ3) is 4.73. The number of rotatable bonds is 8. The largest absolute Gasteiger partial charge is 0.484 e. The number of nitrogens with zero attached hydrogens (tertiary/aromatic N) is 4. The highest BCUT2D eigenvalue weighted by molar-refractivity contribution is 8.00. The average molecular weight is 434 g/mol. The van der Waals surface area contributed by atoms with Crippen molar-refractivity contribution in [1.29, 1.82) is 0 Å². The molecule has 0 bridgehead atoms. The molecule has 8 nitrogen and oxygen atoms in total. The number of hydrogen-bond donors (Lipinski definition) is 1. The van der Waals surface area contributed by atoms with E-state index in [4.69, 9.17) is 20.9 Å². The average Bonchev–Trinajstić information content (AvgIpc) is 3.34. The zero-order valence-electron chi connectivity index (χ0n) is 16.0. The SMILES string of the molecule is Cc1cc(NC(=O)C(C)Sc2nnc(COc3ccccc3Cl)n2C2CC2)no1. The summed E-state index contributed by atoms with van der Waals surface area (Å²) >= 11 is 7.51. The van der Waals surface area contributed by atoms with Crippen molar-refractivity contribution in [3.8, 4) is 5.75 Å². The van der Waals surface area contributed by atoms with Crippen LogP contribution in [0.5, 0.6) is 5.75 Å². The number of anilines is 1. The lowest BCUT2D eigenvalue weighted by Crippen LogP contribution is -2.23. The number of nitrogens with one attached hydrogen (secondary N) is 1. The van der Waals surface area contributed by atoms with Gasteiger partial charge in [0.15, 0.2) is 16.8 Å². The molecule has 1 atom stereocenters. The van der Waals surface area contributed by atoms with Crippen LogP contribution in [0.25, 0.3) is 0 Å². The van der Waals surface area contributed by atoms with Gasteiger partial charge in [0.2, 0.25) is 5.91 Å². The highest BCUT2D eigenvalue weighted by atomic mass is 35.5. The normalized spacial score (nSPS) is 14.6. The number of halogens is 1. The van der Waals surface area contributed by atoms with Crippen LogP contribution in [-0.2, 0) is 11.4 Å². The molecule has 0 spiro atoms. The maximum Gasteiger partial charge on any atom is 0.238 e.